The van der Waals surface area contributed by atoms with Crippen LogP contribution in [0.3, 0.4) is 0 Å². The molecule has 1 aromatic carbocycles. The lowest BCUT2D eigenvalue weighted by Gasteiger charge is -2.20. The zero-order chi connectivity index (χ0) is 21.6. The first-order valence-corrected chi connectivity index (χ1v) is 12.3. The van der Waals surface area contributed by atoms with E-state index in [1.807, 2.05) is 60.8 Å². The summed E-state index contributed by atoms with van der Waals surface area (Å²) in [6, 6.07) is 17.6. The molecule has 5 rings (SSSR count). The lowest BCUT2D eigenvalue weighted by atomic mass is 9.96. The fourth-order valence-corrected chi connectivity index (χ4v) is 5.11. The van der Waals surface area contributed by atoms with Crippen LogP contribution in [0, 0.1) is 0 Å². The topological polar surface area (TPSA) is 72.0 Å². The molecule has 4 aromatic rings. The van der Waals surface area contributed by atoms with Gasteiger partial charge in [0.25, 0.3) is 0 Å². The third-order valence-electron chi connectivity index (χ3n) is 5.16. The SMILES string of the molecule is c1ccc(Oc2cc(Sc3ccccn3)cnc2Nc2nc(C3CCNCC3)cs2)cc1. The van der Waals surface area contributed by atoms with Gasteiger partial charge in [0.05, 0.1) is 5.69 Å². The zero-order valence-electron chi connectivity index (χ0n) is 17.4. The highest BCUT2D eigenvalue weighted by Crippen LogP contribution is 2.37. The molecule has 8 heteroatoms. The molecule has 6 nitrogen and oxygen atoms in total. The van der Waals surface area contributed by atoms with Gasteiger partial charge in [-0.15, -0.1) is 11.3 Å². The highest BCUT2D eigenvalue weighted by molar-refractivity contribution is 7.99. The Bertz CT molecular complexity index is 1150. The normalized spacial score (nSPS) is 14.2. The first-order valence-electron chi connectivity index (χ1n) is 10.6. The van der Waals surface area contributed by atoms with Crippen LogP contribution in [0.15, 0.2) is 82.3 Å². The number of benzene rings is 1. The molecule has 0 aliphatic carbocycles. The van der Waals surface area contributed by atoms with Crippen molar-refractivity contribution in [1.82, 2.24) is 20.3 Å². The van der Waals surface area contributed by atoms with Crippen molar-refractivity contribution in [1.29, 1.82) is 0 Å². The van der Waals surface area contributed by atoms with E-state index in [1.165, 1.54) is 0 Å². The smallest absolute Gasteiger partial charge is 0.188 e. The third kappa shape index (κ3) is 5.27. The molecule has 32 heavy (non-hydrogen) atoms. The number of nitrogens with zero attached hydrogens (tertiary/aromatic N) is 3. The zero-order valence-corrected chi connectivity index (χ0v) is 19.0. The molecule has 0 radical (unpaired) electrons. The van der Waals surface area contributed by atoms with E-state index in [0.717, 1.165) is 52.4 Å². The van der Waals surface area contributed by atoms with E-state index in [0.29, 0.717) is 17.5 Å². The molecule has 0 spiro atoms. The van der Waals surface area contributed by atoms with Crippen LogP contribution in [0.2, 0.25) is 0 Å². The number of thiazole rings is 1. The van der Waals surface area contributed by atoms with Gasteiger partial charge in [0.15, 0.2) is 16.7 Å². The highest BCUT2D eigenvalue weighted by atomic mass is 32.2. The Morgan fingerprint density at radius 3 is 2.69 bits per heavy atom. The van der Waals surface area contributed by atoms with Gasteiger partial charge in [0, 0.05) is 34.7 Å². The number of ether oxygens (including phenoxy) is 1. The van der Waals surface area contributed by atoms with Crippen molar-refractivity contribution in [3.05, 3.63) is 78.1 Å². The molecule has 0 amide bonds. The van der Waals surface area contributed by atoms with Crippen LogP contribution in [0.1, 0.15) is 24.5 Å². The summed E-state index contributed by atoms with van der Waals surface area (Å²) in [6.45, 7) is 2.11. The van der Waals surface area contributed by atoms with Crippen molar-refractivity contribution in [3.8, 4) is 11.5 Å². The minimum absolute atomic E-state index is 0.521. The van der Waals surface area contributed by atoms with Crippen molar-refractivity contribution >= 4 is 34.0 Å². The van der Waals surface area contributed by atoms with Crippen LogP contribution in [0.25, 0.3) is 0 Å². The van der Waals surface area contributed by atoms with Crippen LogP contribution in [-0.2, 0) is 0 Å². The second-order valence-corrected chi connectivity index (χ2v) is 9.38. The van der Waals surface area contributed by atoms with Gasteiger partial charge in [-0.3, -0.25) is 0 Å². The Morgan fingerprint density at radius 2 is 1.88 bits per heavy atom. The van der Waals surface area contributed by atoms with Gasteiger partial charge in [-0.25, -0.2) is 15.0 Å². The predicted molar refractivity (Wildman–Crippen MR) is 129 cm³/mol. The van der Waals surface area contributed by atoms with E-state index in [4.69, 9.17) is 9.72 Å². The van der Waals surface area contributed by atoms with Gasteiger partial charge in [-0.2, -0.15) is 0 Å². The van der Waals surface area contributed by atoms with Gasteiger partial charge in [0.2, 0.25) is 0 Å². The summed E-state index contributed by atoms with van der Waals surface area (Å²) in [4.78, 5) is 14.8. The van der Waals surface area contributed by atoms with Gasteiger partial charge in [-0.1, -0.05) is 36.0 Å². The fraction of sp³-hybridized carbons (Fsp3) is 0.208. The summed E-state index contributed by atoms with van der Waals surface area (Å²) in [5.41, 5.74) is 1.16. The molecule has 0 bridgehead atoms. The Labute approximate surface area is 195 Å². The van der Waals surface area contributed by atoms with E-state index in [1.54, 1.807) is 29.3 Å². The summed E-state index contributed by atoms with van der Waals surface area (Å²) >= 11 is 3.16. The standard InChI is InChI=1S/C24H23N5OS2/c1-2-6-18(7-3-1)30-21-14-19(32-22-8-4-5-11-26-22)15-27-23(21)29-24-28-20(16-31-24)17-9-12-25-13-10-17/h1-8,11,14-17,25H,9-10,12-13H2,(H,27,28,29). The van der Waals surface area contributed by atoms with Crippen molar-refractivity contribution in [3.63, 3.8) is 0 Å². The molecule has 1 aliphatic rings. The maximum atomic E-state index is 6.19. The molecule has 162 valence electrons. The number of anilines is 2. The number of aromatic nitrogens is 3. The minimum atomic E-state index is 0.521. The number of rotatable bonds is 7. The molecule has 2 N–H and O–H groups in total. The third-order valence-corrected chi connectivity index (χ3v) is 6.85. The first-order chi connectivity index (χ1) is 15.8. The Kier molecular flexibility index (Phi) is 6.62. The summed E-state index contributed by atoms with van der Waals surface area (Å²) in [5, 5.41) is 10.7. The number of pyridine rings is 2. The molecule has 0 saturated carbocycles. The highest BCUT2D eigenvalue weighted by Gasteiger charge is 2.19. The lowest BCUT2D eigenvalue weighted by Crippen LogP contribution is -2.26. The average Bonchev–Trinajstić information content (AvgIpc) is 3.31. The monoisotopic (exact) mass is 461 g/mol. The summed E-state index contributed by atoms with van der Waals surface area (Å²) in [5.74, 6) is 2.57. The van der Waals surface area contributed by atoms with Crippen molar-refractivity contribution in [2.45, 2.75) is 28.7 Å². The quantitative estimate of drug-likeness (QED) is 0.345. The van der Waals surface area contributed by atoms with Crippen LogP contribution >= 0.6 is 23.1 Å². The van der Waals surface area contributed by atoms with Crippen LogP contribution in [0.5, 0.6) is 11.5 Å². The van der Waals surface area contributed by atoms with Gasteiger partial charge < -0.3 is 15.4 Å². The predicted octanol–water partition coefficient (Wildman–Crippen LogP) is 6.09. The maximum absolute atomic E-state index is 6.19. The second kappa shape index (κ2) is 10.1. The molecule has 0 atom stereocenters. The minimum Gasteiger partial charge on any atom is -0.453 e. The van der Waals surface area contributed by atoms with E-state index < -0.39 is 0 Å². The van der Waals surface area contributed by atoms with Crippen LogP contribution < -0.4 is 15.4 Å². The van der Waals surface area contributed by atoms with E-state index in [2.05, 4.69) is 26.0 Å². The van der Waals surface area contributed by atoms with Crippen LogP contribution in [0.4, 0.5) is 10.9 Å². The van der Waals surface area contributed by atoms with Crippen molar-refractivity contribution in [2.75, 3.05) is 18.4 Å². The largest absolute Gasteiger partial charge is 0.453 e. The van der Waals surface area contributed by atoms with Gasteiger partial charge >= 0.3 is 0 Å². The molecule has 1 fully saturated rings. The molecule has 0 unspecified atom stereocenters. The van der Waals surface area contributed by atoms with E-state index in [-0.39, 0.29) is 0 Å². The van der Waals surface area contributed by atoms with Crippen molar-refractivity contribution < 1.29 is 4.74 Å². The summed E-state index contributed by atoms with van der Waals surface area (Å²) in [7, 11) is 0. The second-order valence-electron chi connectivity index (χ2n) is 7.43. The summed E-state index contributed by atoms with van der Waals surface area (Å²) in [6.07, 6.45) is 5.88. The number of hydrogen-bond donors (Lipinski definition) is 2. The molecule has 4 heterocycles. The number of nitrogens with one attached hydrogen (secondary N) is 2. The molecule has 1 aliphatic heterocycles. The molecule has 3 aromatic heterocycles. The molecular weight excluding hydrogens is 438 g/mol. The number of piperidine rings is 1. The summed E-state index contributed by atoms with van der Waals surface area (Å²) < 4.78 is 6.19. The number of para-hydroxylation sites is 1. The van der Waals surface area contributed by atoms with Gasteiger partial charge in [0.1, 0.15) is 10.8 Å². The first kappa shape index (κ1) is 20.9. The Balaban J connectivity index is 1.39. The van der Waals surface area contributed by atoms with Crippen LogP contribution in [-0.4, -0.2) is 28.0 Å². The average molecular weight is 462 g/mol. The fourth-order valence-electron chi connectivity index (χ4n) is 3.55. The molecule has 1 saturated heterocycles. The maximum Gasteiger partial charge on any atom is 0.188 e. The van der Waals surface area contributed by atoms with Gasteiger partial charge in [-0.05, 0) is 50.2 Å². The Morgan fingerprint density at radius 1 is 1.03 bits per heavy atom. The van der Waals surface area contributed by atoms with E-state index >= 15 is 0 Å². The van der Waals surface area contributed by atoms with E-state index in [9.17, 15) is 0 Å². The number of hydrogen-bond acceptors (Lipinski definition) is 8. The Hall–Kier alpha value is -2.94. The lowest BCUT2D eigenvalue weighted by molar-refractivity contribution is 0.455. The molecular formula is C24H23N5OS2. The van der Waals surface area contributed by atoms with Crippen molar-refractivity contribution in [2.24, 2.45) is 0 Å².